The van der Waals surface area contributed by atoms with E-state index in [9.17, 15) is 4.79 Å². The second kappa shape index (κ2) is 6.16. The van der Waals surface area contributed by atoms with E-state index in [4.69, 9.17) is 10.00 Å². The van der Waals surface area contributed by atoms with Crippen molar-refractivity contribution in [2.75, 3.05) is 11.5 Å². The highest BCUT2D eigenvalue weighted by Crippen LogP contribution is 2.32. The second-order valence-electron chi connectivity index (χ2n) is 5.09. The van der Waals surface area contributed by atoms with Gasteiger partial charge in [-0.1, -0.05) is 25.5 Å². The van der Waals surface area contributed by atoms with Gasteiger partial charge in [0.25, 0.3) is 0 Å². The first-order valence-electron chi connectivity index (χ1n) is 7.15. The largest absolute Gasteiger partial charge is 0.447 e. The minimum atomic E-state index is -0.320. The van der Waals surface area contributed by atoms with Crippen LogP contribution in [0.3, 0.4) is 0 Å². The number of hydrogen-bond donors (Lipinski definition) is 0. The number of hydrogen-bond acceptors (Lipinski definition) is 5. The van der Waals surface area contributed by atoms with E-state index < -0.39 is 0 Å². The van der Waals surface area contributed by atoms with Gasteiger partial charge in [0.05, 0.1) is 23.4 Å². The van der Waals surface area contributed by atoms with E-state index >= 15 is 0 Å². The molecule has 1 amide bonds. The van der Waals surface area contributed by atoms with Crippen LogP contribution in [0.1, 0.15) is 25.3 Å². The van der Waals surface area contributed by atoms with Crippen molar-refractivity contribution in [3.8, 4) is 17.3 Å². The predicted octanol–water partition coefficient (Wildman–Crippen LogP) is 3.81. The van der Waals surface area contributed by atoms with Gasteiger partial charge < -0.3 is 4.74 Å². The molecule has 1 aromatic heterocycles. The zero-order chi connectivity index (χ0) is 15.5. The minimum Gasteiger partial charge on any atom is -0.447 e. The third-order valence-corrected chi connectivity index (χ3v) is 4.43. The Morgan fingerprint density at radius 3 is 2.91 bits per heavy atom. The Bertz CT molecular complexity index is 718. The average molecular weight is 313 g/mol. The lowest BCUT2D eigenvalue weighted by molar-refractivity contribution is 0.178. The third kappa shape index (κ3) is 2.68. The van der Waals surface area contributed by atoms with E-state index in [1.807, 2.05) is 17.5 Å². The Morgan fingerprint density at radius 1 is 1.45 bits per heavy atom. The van der Waals surface area contributed by atoms with Crippen molar-refractivity contribution in [1.29, 1.82) is 5.26 Å². The van der Waals surface area contributed by atoms with Gasteiger partial charge in [0, 0.05) is 10.9 Å². The number of carbonyl (C=O) groups excluding carboxylic acids is 1. The molecule has 112 valence electrons. The van der Waals surface area contributed by atoms with Gasteiger partial charge in [0.2, 0.25) is 0 Å². The van der Waals surface area contributed by atoms with Crippen LogP contribution in [0.4, 0.5) is 9.93 Å². The average Bonchev–Trinajstić information content (AvgIpc) is 3.15. The molecule has 1 unspecified atom stereocenters. The lowest BCUT2D eigenvalue weighted by Crippen LogP contribution is -2.33. The first kappa shape index (κ1) is 14.5. The van der Waals surface area contributed by atoms with Gasteiger partial charge in [0.15, 0.2) is 5.13 Å². The smallest absolute Gasteiger partial charge is 0.416 e. The van der Waals surface area contributed by atoms with Crippen molar-refractivity contribution in [2.45, 2.75) is 25.8 Å². The summed E-state index contributed by atoms with van der Waals surface area (Å²) in [6, 6.07) is 9.41. The zero-order valence-corrected chi connectivity index (χ0v) is 13.0. The van der Waals surface area contributed by atoms with Crippen LogP contribution in [0.15, 0.2) is 29.6 Å². The Hall–Kier alpha value is -2.39. The van der Waals surface area contributed by atoms with Crippen LogP contribution < -0.4 is 4.90 Å². The van der Waals surface area contributed by atoms with Crippen molar-refractivity contribution in [2.24, 2.45) is 0 Å². The van der Waals surface area contributed by atoms with Gasteiger partial charge >= 0.3 is 6.09 Å². The molecule has 0 spiro atoms. The van der Waals surface area contributed by atoms with E-state index in [-0.39, 0.29) is 12.1 Å². The van der Waals surface area contributed by atoms with E-state index in [2.05, 4.69) is 18.0 Å². The Morgan fingerprint density at radius 2 is 2.23 bits per heavy atom. The highest BCUT2D eigenvalue weighted by molar-refractivity contribution is 7.14. The third-order valence-electron chi connectivity index (χ3n) is 3.59. The Kier molecular flexibility index (Phi) is 4.07. The summed E-state index contributed by atoms with van der Waals surface area (Å²) in [5.41, 5.74) is 2.35. The maximum Gasteiger partial charge on any atom is 0.416 e. The molecule has 1 aliphatic heterocycles. The monoisotopic (exact) mass is 313 g/mol. The number of rotatable bonds is 4. The molecule has 1 fully saturated rings. The fraction of sp³-hybridized carbons (Fsp3) is 0.312. The summed E-state index contributed by atoms with van der Waals surface area (Å²) in [6.07, 6.45) is 1.57. The van der Waals surface area contributed by atoms with Crippen molar-refractivity contribution >= 4 is 22.6 Å². The molecular formula is C16H15N3O2S. The molecule has 0 N–H and O–H groups in total. The van der Waals surface area contributed by atoms with Crippen molar-refractivity contribution in [3.63, 3.8) is 0 Å². The standard InChI is InChI=1S/C16H15N3O2S/c1-2-3-13-9-21-16(20)19(13)15-18-14(10-22-15)12-6-4-11(8-17)5-7-12/h4-7,10,13H,2-3,9H2,1H3. The molecule has 1 saturated heterocycles. The fourth-order valence-corrected chi connectivity index (χ4v) is 3.36. The lowest BCUT2D eigenvalue weighted by atomic mass is 10.1. The summed E-state index contributed by atoms with van der Waals surface area (Å²) in [6.45, 7) is 2.52. The highest BCUT2D eigenvalue weighted by atomic mass is 32.1. The number of cyclic esters (lactones) is 1. The lowest BCUT2D eigenvalue weighted by Gasteiger charge is -2.17. The van der Waals surface area contributed by atoms with Crippen LogP contribution in [-0.4, -0.2) is 23.7 Å². The fourth-order valence-electron chi connectivity index (χ4n) is 2.46. The minimum absolute atomic E-state index is 0.0671. The van der Waals surface area contributed by atoms with Crippen LogP contribution in [0.25, 0.3) is 11.3 Å². The summed E-state index contributed by atoms with van der Waals surface area (Å²) in [5.74, 6) is 0. The summed E-state index contributed by atoms with van der Waals surface area (Å²) in [5, 5.41) is 11.4. The number of carbonyl (C=O) groups is 1. The zero-order valence-electron chi connectivity index (χ0n) is 12.2. The Balaban J connectivity index is 1.86. The molecule has 0 bridgehead atoms. The normalized spacial score (nSPS) is 17.4. The van der Waals surface area contributed by atoms with Crippen molar-refractivity contribution < 1.29 is 9.53 Å². The SMILES string of the molecule is CCCC1COC(=O)N1c1nc(-c2ccc(C#N)cc2)cs1. The highest BCUT2D eigenvalue weighted by Gasteiger charge is 2.35. The van der Waals surface area contributed by atoms with Crippen LogP contribution in [-0.2, 0) is 4.74 Å². The quantitative estimate of drug-likeness (QED) is 0.861. The number of nitriles is 1. The topological polar surface area (TPSA) is 66.2 Å². The van der Waals surface area contributed by atoms with E-state index in [1.165, 1.54) is 11.3 Å². The van der Waals surface area contributed by atoms with Gasteiger partial charge in [-0.05, 0) is 18.6 Å². The maximum absolute atomic E-state index is 11.9. The van der Waals surface area contributed by atoms with Crippen LogP contribution >= 0.6 is 11.3 Å². The summed E-state index contributed by atoms with van der Waals surface area (Å²) in [4.78, 5) is 18.1. The van der Waals surface area contributed by atoms with E-state index in [0.717, 1.165) is 24.1 Å². The molecule has 2 heterocycles. The van der Waals surface area contributed by atoms with E-state index in [0.29, 0.717) is 17.3 Å². The second-order valence-corrected chi connectivity index (χ2v) is 5.93. The number of nitrogens with zero attached hydrogens (tertiary/aromatic N) is 3. The molecular weight excluding hydrogens is 298 g/mol. The molecule has 1 aliphatic rings. The molecule has 0 aliphatic carbocycles. The number of ether oxygens (including phenoxy) is 1. The molecule has 3 rings (SSSR count). The molecule has 22 heavy (non-hydrogen) atoms. The summed E-state index contributed by atoms with van der Waals surface area (Å²) in [7, 11) is 0. The molecule has 0 radical (unpaired) electrons. The first-order valence-corrected chi connectivity index (χ1v) is 8.03. The van der Waals surface area contributed by atoms with Crippen LogP contribution in [0, 0.1) is 11.3 Å². The number of benzene rings is 1. The number of aromatic nitrogens is 1. The summed E-state index contributed by atoms with van der Waals surface area (Å²) < 4.78 is 5.15. The van der Waals surface area contributed by atoms with Crippen molar-refractivity contribution in [3.05, 3.63) is 35.2 Å². The van der Waals surface area contributed by atoms with Crippen LogP contribution in [0.2, 0.25) is 0 Å². The van der Waals surface area contributed by atoms with Gasteiger partial charge in [-0.2, -0.15) is 5.26 Å². The molecule has 6 heteroatoms. The number of thiazole rings is 1. The van der Waals surface area contributed by atoms with Gasteiger partial charge in [0.1, 0.15) is 6.61 Å². The first-order chi connectivity index (χ1) is 10.7. The molecule has 5 nitrogen and oxygen atoms in total. The van der Waals surface area contributed by atoms with Crippen molar-refractivity contribution in [1.82, 2.24) is 4.98 Å². The van der Waals surface area contributed by atoms with Crippen LogP contribution in [0.5, 0.6) is 0 Å². The molecule has 2 aromatic rings. The Labute approximate surface area is 132 Å². The number of amides is 1. The predicted molar refractivity (Wildman–Crippen MR) is 84.8 cm³/mol. The molecule has 0 saturated carbocycles. The maximum atomic E-state index is 11.9. The molecule has 1 aromatic carbocycles. The van der Waals surface area contributed by atoms with Gasteiger partial charge in [-0.3, -0.25) is 0 Å². The number of anilines is 1. The van der Waals surface area contributed by atoms with Gasteiger partial charge in [-0.15, -0.1) is 11.3 Å². The molecule has 1 atom stereocenters. The van der Waals surface area contributed by atoms with E-state index in [1.54, 1.807) is 17.0 Å². The van der Waals surface area contributed by atoms with Gasteiger partial charge in [-0.25, -0.2) is 14.7 Å². The summed E-state index contributed by atoms with van der Waals surface area (Å²) >= 11 is 1.43.